The minimum Gasteiger partial charge on any atom is -0.480 e. The van der Waals surface area contributed by atoms with Crippen LogP contribution in [-0.4, -0.2) is 27.6 Å². The maximum atomic E-state index is 12.2. The van der Waals surface area contributed by atoms with Gasteiger partial charge in [-0.25, -0.2) is 0 Å². The van der Waals surface area contributed by atoms with Gasteiger partial charge in [0.15, 0.2) is 0 Å². The number of carbonyl (C=O) groups excluding carboxylic acids is 1. The molecular weight excluding hydrogens is 244 g/mol. The van der Waals surface area contributed by atoms with Crippen LogP contribution in [0.5, 0.6) is 0 Å². The molecule has 5 nitrogen and oxygen atoms in total. The molecule has 1 aliphatic carbocycles. The Hall–Kier alpha value is -1.78. The predicted octanol–water partition coefficient (Wildman–Crippen LogP) is 1.88. The number of aromatic nitrogens is 1. The van der Waals surface area contributed by atoms with Gasteiger partial charge in [0, 0.05) is 12.2 Å². The van der Waals surface area contributed by atoms with Gasteiger partial charge < -0.3 is 15.0 Å². The summed E-state index contributed by atoms with van der Waals surface area (Å²) in [7, 11) is 0. The summed E-state index contributed by atoms with van der Waals surface area (Å²) in [6, 6.07) is 3.49. The number of nitrogens with one attached hydrogen (secondary N) is 1. The van der Waals surface area contributed by atoms with E-state index in [-0.39, 0.29) is 18.5 Å². The molecule has 1 fully saturated rings. The first-order valence-corrected chi connectivity index (χ1v) is 6.75. The summed E-state index contributed by atoms with van der Waals surface area (Å²) >= 11 is 0. The molecule has 0 aromatic carbocycles. The van der Waals surface area contributed by atoms with E-state index in [1.165, 1.54) is 17.4 Å². The first-order valence-electron chi connectivity index (χ1n) is 6.75. The van der Waals surface area contributed by atoms with Gasteiger partial charge in [-0.2, -0.15) is 0 Å². The van der Waals surface area contributed by atoms with Gasteiger partial charge in [-0.1, -0.05) is 12.8 Å². The SMILES string of the molecule is CC(NC(=O)c1cccn1CC(=O)O)C1CCCC1. The highest BCUT2D eigenvalue weighted by Gasteiger charge is 2.24. The first-order chi connectivity index (χ1) is 9.08. The van der Waals surface area contributed by atoms with Crippen LogP contribution in [0.2, 0.25) is 0 Å². The number of carbonyl (C=O) groups is 2. The van der Waals surface area contributed by atoms with E-state index in [2.05, 4.69) is 5.32 Å². The van der Waals surface area contributed by atoms with Crippen LogP contribution in [-0.2, 0) is 11.3 Å². The van der Waals surface area contributed by atoms with E-state index < -0.39 is 5.97 Å². The van der Waals surface area contributed by atoms with E-state index in [4.69, 9.17) is 5.11 Å². The molecule has 1 unspecified atom stereocenters. The quantitative estimate of drug-likeness (QED) is 0.853. The zero-order valence-corrected chi connectivity index (χ0v) is 11.1. The van der Waals surface area contributed by atoms with Crippen molar-refractivity contribution in [2.75, 3.05) is 0 Å². The molecule has 0 radical (unpaired) electrons. The van der Waals surface area contributed by atoms with Crippen molar-refractivity contribution in [1.82, 2.24) is 9.88 Å². The number of carboxylic acids is 1. The summed E-state index contributed by atoms with van der Waals surface area (Å²) in [5, 5.41) is 11.8. The summed E-state index contributed by atoms with van der Waals surface area (Å²) < 4.78 is 1.46. The van der Waals surface area contributed by atoms with Crippen LogP contribution < -0.4 is 5.32 Å². The lowest BCUT2D eigenvalue weighted by Crippen LogP contribution is -2.38. The summed E-state index contributed by atoms with van der Waals surface area (Å²) in [5.74, 6) is -0.591. The highest BCUT2D eigenvalue weighted by molar-refractivity contribution is 5.93. The number of nitrogens with zero attached hydrogens (tertiary/aromatic N) is 1. The van der Waals surface area contributed by atoms with Crippen LogP contribution in [0.1, 0.15) is 43.1 Å². The van der Waals surface area contributed by atoms with Gasteiger partial charge in [0.25, 0.3) is 5.91 Å². The number of aliphatic carboxylic acids is 1. The second-order valence-corrected chi connectivity index (χ2v) is 5.22. The van der Waals surface area contributed by atoms with E-state index in [1.807, 2.05) is 6.92 Å². The van der Waals surface area contributed by atoms with Gasteiger partial charge in [-0.15, -0.1) is 0 Å². The lowest BCUT2D eigenvalue weighted by atomic mass is 10.00. The minimum atomic E-state index is -0.950. The van der Waals surface area contributed by atoms with Gasteiger partial charge in [-0.05, 0) is 37.8 Å². The topological polar surface area (TPSA) is 71.3 Å². The van der Waals surface area contributed by atoms with Crippen molar-refractivity contribution < 1.29 is 14.7 Å². The van der Waals surface area contributed by atoms with Crippen molar-refractivity contribution in [1.29, 1.82) is 0 Å². The van der Waals surface area contributed by atoms with Crippen LogP contribution in [0.15, 0.2) is 18.3 Å². The van der Waals surface area contributed by atoms with E-state index >= 15 is 0 Å². The Kier molecular flexibility index (Phi) is 4.24. The monoisotopic (exact) mass is 264 g/mol. The molecule has 0 saturated heterocycles. The Labute approximate surface area is 112 Å². The molecule has 0 spiro atoms. The lowest BCUT2D eigenvalue weighted by Gasteiger charge is -2.20. The number of hydrogen-bond donors (Lipinski definition) is 2. The fraction of sp³-hybridized carbons (Fsp3) is 0.571. The number of hydrogen-bond acceptors (Lipinski definition) is 2. The third-order valence-electron chi connectivity index (χ3n) is 3.83. The molecule has 1 aliphatic rings. The normalized spacial score (nSPS) is 17.3. The Morgan fingerprint density at radius 3 is 2.79 bits per heavy atom. The maximum absolute atomic E-state index is 12.2. The van der Waals surface area contributed by atoms with Crippen LogP contribution >= 0.6 is 0 Å². The van der Waals surface area contributed by atoms with Crippen LogP contribution in [0.25, 0.3) is 0 Å². The van der Waals surface area contributed by atoms with Crippen molar-refractivity contribution in [2.24, 2.45) is 5.92 Å². The molecular formula is C14H20N2O3. The Balaban J connectivity index is 1.99. The van der Waals surface area contributed by atoms with Crippen LogP contribution in [0.4, 0.5) is 0 Å². The van der Waals surface area contributed by atoms with Gasteiger partial charge in [0.2, 0.25) is 0 Å². The second-order valence-electron chi connectivity index (χ2n) is 5.22. The van der Waals surface area contributed by atoms with E-state index in [9.17, 15) is 9.59 Å². The number of rotatable bonds is 5. The molecule has 1 saturated carbocycles. The Morgan fingerprint density at radius 2 is 2.16 bits per heavy atom. The molecule has 19 heavy (non-hydrogen) atoms. The van der Waals surface area contributed by atoms with E-state index in [0.717, 1.165) is 12.8 Å². The Morgan fingerprint density at radius 1 is 1.47 bits per heavy atom. The highest BCUT2D eigenvalue weighted by atomic mass is 16.4. The summed E-state index contributed by atoms with van der Waals surface area (Å²) in [5.41, 5.74) is 0.409. The van der Waals surface area contributed by atoms with Crippen molar-refractivity contribution in [3.05, 3.63) is 24.0 Å². The van der Waals surface area contributed by atoms with Crippen molar-refractivity contribution in [3.63, 3.8) is 0 Å². The standard InChI is InChI=1S/C14H20N2O3/c1-10(11-5-2-3-6-11)15-14(19)12-7-4-8-16(12)9-13(17)18/h4,7-8,10-11H,2-3,5-6,9H2,1H3,(H,15,19)(H,17,18). The summed E-state index contributed by atoms with van der Waals surface area (Å²) in [6.07, 6.45) is 6.42. The first kappa shape index (κ1) is 13.6. The number of amides is 1. The summed E-state index contributed by atoms with van der Waals surface area (Å²) in [4.78, 5) is 22.9. The van der Waals surface area contributed by atoms with Crippen LogP contribution in [0.3, 0.4) is 0 Å². The van der Waals surface area contributed by atoms with E-state index in [1.54, 1.807) is 18.3 Å². The van der Waals surface area contributed by atoms with E-state index in [0.29, 0.717) is 11.6 Å². The largest absolute Gasteiger partial charge is 0.480 e. The highest BCUT2D eigenvalue weighted by Crippen LogP contribution is 2.27. The molecule has 1 heterocycles. The molecule has 2 rings (SSSR count). The molecule has 2 N–H and O–H groups in total. The minimum absolute atomic E-state index is 0.142. The fourth-order valence-corrected chi connectivity index (χ4v) is 2.76. The van der Waals surface area contributed by atoms with Crippen molar-refractivity contribution in [2.45, 2.75) is 45.2 Å². The number of carboxylic acid groups (broad SMARTS) is 1. The molecule has 1 atom stereocenters. The third kappa shape index (κ3) is 3.36. The van der Waals surface area contributed by atoms with Crippen molar-refractivity contribution in [3.8, 4) is 0 Å². The zero-order chi connectivity index (χ0) is 13.8. The zero-order valence-electron chi connectivity index (χ0n) is 11.1. The predicted molar refractivity (Wildman–Crippen MR) is 71.0 cm³/mol. The molecule has 1 aromatic rings. The van der Waals surface area contributed by atoms with Gasteiger partial charge in [0.1, 0.15) is 12.2 Å². The van der Waals surface area contributed by atoms with Gasteiger partial charge in [-0.3, -0.25) is 9.59 Å². The molecule has 104 valence electrons. The summed E-state index contributed by atoms with van der Waals surface area (Å²) in [6.45, 7) is 1.84. The smallest absolute Gasteiger partial charge is 0.323 e. The molecule has 1 aromatic heterocycles. The average Bonchev–Trinajstić information content (AvgIpc) is 2.97. The molecule has 5 heteroatoms. The fourth-order valence-electron chi connectivity index (χ4n) is 2.76. The third-order valence-corrected chi connectivity index (χ3v) is 3.83. The second kappa shape index (κ2) is 5.91. The van der Waals surface area contributed by atoms with Crippen molar-refractivity contribution >= 4 is 11.9 Å². The lowest BCUT2D eigenvalue weighted by molar-refractivity contribution is -0.137. The molecule has 0 bridgehead atoms. The molecule has 0 aliphatic heterocycles. The van der Waals surface area contributed by atoms with Gasteiger partial charge in [0.05, 0.1) is 0 Å². The maximum Gasteiger partial charge on any atom is 0.323 e. The van der Waals surface area contributed by atoms with Gasteiger partial charge >= 0.3 is 5.97 Å². The Bertz CT molecular complexity index is 461. The average molecular weight is 264 g/mol. The molecule has 1 amide bonds. The van der Waals surface area contributed by atoms with Crippen LogP contribution in [0, 0.1) is 5.92 Å².